The van der Waals surface area contributed by atoms with Gasteiger partial charge in [0.25, 0.3) is 0 Å². The lowest BCUT2D eigenvalue weighted by Crippen LogP contribution is -2.46. The van der Waals surface area contributed by atoms with E-state index in [0.717, 1.165) is 19.1 Å². The highest BCUT2D eigenvalue weighted by molar-refractivity contribution is 5.07. The largest absolute Gasteiger partial charge is 0.381 e. The smallest absolute Gasteiger partial charge is 0.0534 e. The van der Waals surface area contributed by atoms with Crippen molar-refractivity contribution >= 4 is 0 Å². The van der Waals surface area contributed by atoms with Crippen LogP contribution in [0.1, 0.15) is 12.8 Å². The Labute approximate surface area is 55.6 Å². The van der Waals surface area contributed by atoms with Crippen molar-refractivity contribution in [3.05, 3.63) is 0 Å². The second-order valence-corrected chi connectivity index (χ2v) is 3.14. The molecule has 0 unspecified atom stereocenters. The second kappa shape index (κ2) is 1.70. The lowest BCUT2D eigenvalue weighted by Gasteiger charge is -2.33. The van der Waals surface area contributed by atoms with E-state index in [2.05, 4.69) is 12.4 Å². The Bertz CT molecular complexity index is 116. The first-order valence-electron chi connectivity index (χ1n) is 3.64. The van der Waals surface area contributed by atoms with Gasteiger partial charge < -0.3 is 10.1 Å². The SMILES string of the molecule is CNC1(C2COC2)CC1. The highest BCUT2D eigenvalue weighted by Crippen LogP contribution is 2.44. The topological polar surface area (TPSA) is 21.3 Å². The van der Waals surface area contributed by atoms with Crippen LogP contribution in [0.25, 0.3) is 0 Å². The molecule has 0 aromatic heterocycles. The maximum absolute atomic E-state index is 5.12. The molecule has 0 amide bonds. The van der Waals surface area contributed by atoms with Gasteiger partial charge in [-0.25, -0.2) is 0 Å². The summed E-state index contributed by atoms with van der Waals surface area (Å²) >= 11 is 0. The van der Waals surface area contributed by atoms with Gasteiger partial charge in [0.1, 0.15) is 0 Å². The van der Waals surface area contributed by atoms with Crippen molar-refractivity contribution in [3.63, 3.8) is 0 Å². The number of hydrogen-bond donors (Lipinski definition) is 1. The van der Waals surface area contributed by atoms with E-state index in [-0.39, 0.29) is 0 Å². The summed E-state index contributed by atoms with van der Waals surface area (Å²) in [7, 11) is 2.06. The third-order valence-corrected chi connectivity index (χ3v) is 2.71. The molecule has 2 fully saturated rings. The van der Waals surface area contributed by atoms with Gasteiger partial charge in [0.2, 0.25) is 0 Å². The Morgan fingerprint density at radius 2 is 2.11 bits per heavy atom. The van der Waals surface area contributed by atoms with Crippen molar-refractivity contribution in [1.29, 1.82) is 0 Å². The predicted octanol–water partition coefficient (Wildman–Crippen LogP) is 0.385. The minimum absolute atomic E-state index is 0.512. The lowest BCUT2D eigenvalue weighted by atomic mass is 9.96. The van der Waals surface area contributed by atoms with Gasteiger partial charge in [-0.1, -0.05) is 0 Å². The first kappa shape index (κ1) is 5.69. The molecule has 1 heterocycles. The Kier molecular flexibility index (Phi) is 1.08. The van der Waals surface area contributed by atoms with Crippen LogP contribution in [-0.4, -0.2) is 25.8 Å². The van der Waals surface area contributed by atoms with E-state index in [0.29, 0.717) is 5.54 Å². The minimum atomic E-state index is 0.512. The Morgan fingerprint density at radius 1 is 1.44 bits per heavy atom. The van der Waals surface area contributed by atoms with E-state index in [4.69, 9.17) is 4.74 Å². The summed E-state index contributed by atoms with van der Waals surface area (Å²) in [4.78, 5) is 0. The summed E-state index contributed by atoms with van der Waals surface area (Å²) in [5, 5.41) is 3.37. The van der Waals surface area contributed by atoms with Crippen LogP contribution in [0, 0.1) is 5.92 Å². The molecule has 0 atom stereocenters. The van der Waals surface area contributed by atoms with Crippen molar-refractivity contribution in [2.45, 2.75) is 18.4 Å². The predicted molar refractivity (Wildman–Crippen MR) is 35.3 cm³/mol. The van der Waals surface area contributed by atoms with Gasteiger partial charge in [-0.15, -0.1) is 0 Å². The number of rotatable bonds is 2. The number of hydrogen-bond acceptors (Lipinski definition) is 2. The highest BCUT2D eigenvalue weighted by Gasteiger charge is 2.50. The Morgan fingerprint density at radius 3 is 2.22 bits per heavy atom. The number of nitrogens with one attached hydrogen (secondary N) is 1. The average Bonchev–Trinajstić information content (AvgIpc) is 2.44. The average molecular weight is 127 g/mol. The van der Waals surface area contributed by atoms with Crippen molar-refractivity contribution in [2.75, 3.05) is 20.3 Å². The first-order valence-corrected chi connectivity index (χ1v) is 3.64. The van der Waals surface area contributed by atoms with Crippen LogP contribution in [0.15, 0.2) is 0 Å². The van der Waals surface area contributed by atoms with Crippen LogP contribution in [0.5, 0.6) is 0 Å². The molecular weight excluding hydrogens is 114 g/mol. The van der Waals surface area contributed by atoms with Gasteiger partial charge in [0.15, 0.2) is 0 Å². The monoisotopic (exact) mass is 127 g/mol. The molecule has 9 heavy (non-hydrogen) atoms. The van der Waals surface area contributed by atoms with E-state index in [1.54, 1.807) is 0 Å². The molecule has 0 radical (unpaired) electrons. The van der Waals surface area contributed by atoms with Crippen molar-refractivity contribution in [3.8, 4) is 0 Å². The van der Waals surface area contributed by atoms with Crippen LogP contribution >= 0.6 is 0 Å². The lowest BCUT2D eigenvalue weighted by molar-refractivity contribution is -0.0543. The molecular formula is C7H13NO. The van der Waals surface area contributed by atoms with Crippen LogP contribution in [-0.2, 0) is 4.74 Å². The maximum atomic E-state index is 5.12. The van der Waals surface area contributed by atoms with Gasteiger partial charge in [0.05, 0.1) is 13.2 Å². The molecule has 0 aromatic carbocycles. The fourth-order valence-corrected chi connectivity index (χ4v) is 1.55. The quantitative estimate of drug-likeness (QED) is 0.579. The molecule has 2 nitrogen and oxygen atoms in total. The fraction of sp³-hybridized carbons (Fsp3) is 1.00. The molecule has 2 heteroatoms. The minimum Gasteiger partial charge on any atom is -0.381 e. The maximum Gasteiger partial charge on any atom is 0.0534 e. The summed E-state index contributed by atoms with van der Waals surface area (Å²) in [6, 6.07) is 0. The van der Waals surface area contributed by atoms with Gasteiger partial charge in [-0.05, 0) is 19.9 Å². The molecule has 2 rings (SSSR count). The van der Waals surface area contributed by atoms with Crippen LogP contribution in [0.4, 0.5) is 0 Å². The third-order valence-electron chi connectivity index (χ3n) is 2.71. The molecule has 1 aliphatic carbocycles. The molecule has 52 valence electrons. The van der Waals surface area contributed by atoms with Gasteiger partial charge in [-0.2, -0.15) is 0 Å². The highest BCUT2D eigenvalue weighted by atomic mass is 16.5. The molecule has 2 aliphatic rings. The number of ether oxygens (including phenoxy) is 1. The van der Waals surface area contributed by atoms with E-state index < -0.39 is 0 Å². The Hall–Kier alpha value is -0.0800. The van der Waals surface area contributed by atoms with E-state index >= 15 is 0 Å². The zero-order valence-electron chi connectivity index (χ0n) is 5.81. The molecule has 0 spiro atoms. The van der Waals surface area contributed by atoms with Crippen LogP contribution < -0.4 is 5.32 Å². The fourth-order valence-electron chi connectivity index (χ4n) is 1.55. The van der Waals surface area contributed by atoms with Crippen LogP contribution in [0.2, 0.25) is 0 Å². The van der Waals surface area contributed by atoms with Crippen molar-refractivity contribution in [1.82, 2.24) is 5.32 Å². The summed E-state index contributed by atoms with van der Waals surface area (Å²) in [6.07, 6.45) is 2.72. The molecule has 0 bridgehead atoms. The molecule has 0 aromatic rings. The zero-order valence-corrected chi connectivity index (χ0v) is 5.81. The summed E-state index contributed by atoms with van der Waals surface area (Å²) in [5.74, 6) is 0.822. The zero-order chi connectivity index (χ0) is 6.32. The van der Waals surface area contributed by atoms with Crippen LogP contribution in [0.3, 0.4) is 0 Å². The summed E-state index contributed by atoms with van der Waals surface area (Å²) in [5.41, 5.74) is 0.512. The third kappa shape index (κ3) is 0.700. The van der Waals surface area contributed by atoms with E-state index in [9.17, 15) is 0 Å². The van der Waals surface area contributed by atoms with Crippen molar-refractivity contribution < 1.29 is 4.74 Å². The standard InChI is InChI=1S/C7H13NO/c1-8-7(2-3-7)6-4-9-5-6/h6,8H,2-5H2,1H3. The molecule has 1 aliphatic heterocycles. The van der Waals surface area contributed by atoms with Gasteiger partial charge in [0, 0.05) is 11.5 Å². The Balaban J connectivity index is 1.94. The molecule has 1 N–H and O–H groups in total. The molecule has 1 saturated heterocycles. The first-order chi connectivity index (χ1) is 4.37. The van der Waals surface area contributed by atoms with Crippen molar-refractivity contribution in [2.24, 2.45) is 5.92 Å². The van der Waals surface area contributed by atoms with Gasteiger partial charge in [-0.3, -0.25) is 0 Å². The normalized spacial score (nSPS) is 31.7. The van der Waals surface area contributed by atoms with E-state index in [1.807, 2.05) is 0 Å². The van der Waals surface area contributed by atoms with E-state index in [1.165, 1.54) is 12.8 Å². The van der Waals surface area contributed by atoms with Gasteiger partial charge >= 0.3 is 0 Å². The summed E-state index contributed by atoms with van der Waals surface area (Å²) in [6.45, 7) is 1.97. The molecule has 1 saturated carbocycles. The summed E-state index contributed by atoms with van der Waals surface area (Å²) < 4.78 is 5.12. The second-order valence-electron chi connectivity index (χ2n) is 3.14.